The summed E-state index contributed by atoms with van der Waals surface area (Å²) in [7, 11) is 0. The first-order valence-electron chi connectivity index (χ1n) is 8.64. The zero-order valence-corrected chi connectivity index (χ0v) is 15.4. The number of nitrogens with two attached hydrogens (primary N) is 1. The van der Waals surface area contributed by atoms with Gasteiger partial charge in [-0.1, -0.05) is 16.8 Å². The molecule has 2 amide bonds. The van der Waals surface area contributed by atoms with Crippen LogP contribution in [0.1, 0.15) is 29.1 Å². The number of hydrogen-bond donors (Lipinski definition) is 2. The van der Waals surface area contributed by atoms with Gasteiger partial charge in [-0.15, -0.1) is 0 Å². The van der Waals surface area contributed by atoms with E-state index in [1.54, 1.807) is 6.07 Å². The fourth-order valence-corrected chi connectivity index (χ4v) is 4.21. The topological polar surface area (TPSA) is 119 Å². The van der Waals surface area contributed by atoms with Gasteiger partial charge in [0.15, 0.2) is 5.69 Å². The van der Waals surface area contributed by atoms with Gasteiger partial charge in [0.05, 0.1) is 5.02 Å². The maximum absolute atomic E-state index is 13.6. The van der Waals surface area contributed by atoms with Crippen LogP contribution >= 0.6 is 11.6 Å². The molecule has 8 nitrogen and oxygen atoms in total. The third-order valence-electron chi connectivity index (χ3n) is 5.48. The number of likely N-dealkylation sites (tertiary alicyclic amines) is 1. The molecule has 0 radical (unpaired) electrons. The van der Waals surface area contributed by atoms with E-state index in [0.717, 1.165) is 0 Å². The molecule has 1 atom stereocenters. The number of primary amides is 1. The average molecular weight is 410 g/mol. The summed E-state index contributed by atoms with van der Waals surface area (Å²) in [6, 6.07) is 5.37. The van der Waals surface area contributed by atoms with Gasteiger partial charge in [-0.05, 0) is 25.0 Å². The first-order chi connectivity index (χ1) is 13.3. The van der Waals surface area contributed by atoms with Gasteiger partial charge in [0, 0.05) is 36.6 Å². The average Bonchev–Trinajstić information content (AvgIpc) is 3.06. The van der Waals surface area contributed by atoms with Crippen LogP contribution in [-0.2, 0) is 6.42 Å². The lowest BCUT2D eigenvalue weighted by Gasteiger charge is -2.63. The van der Waals surface area contributed by atoms with Crippen molar-refractivity contribution in [3.05, 3.63) is 46.6 Å². The van der Waals surface area contributed by atoms with Crippen molar-refractivity contribution in [3.8, 4) is 5.75 Å². The Hall–Kier alpha value is -2.81. The molecule has 0 bridgehead atoms. The normalized spacial score (nSPS) is 25.9. The van der Waals surface area contributed by atoms with Gasteiger partial charge >= 0.3 is 6.09 Å². The SMILES string of the molecule is NC(=O)c1cc(CC2N(C(=O)O)CC23CC(Oc2ccc(Cl)c(F)c2)C3)on1. The van der Waals surface area contributed by atoms with Crippen molar-refractivity contribution in [2.24, 2.45) is 11.1 Å². The van der Waals surface area contributed by atoms with Gasteiger partial charge in [0.2, 0.25) is 0 Å². The number of carbonyl (C=O) groups is 2. The van der Waals surface area contributed by atoms with E-state index in [2.05, 4.69) is 5.16 Å². The van der Waals surface area contributed by atoms with Crippen LogP contribution < -0.4 is 10.5 Å². The standard InChI is InChI=1S/C18H17ClFN3O5/c19-12-2-1-9(3-13(12)20)27-11-6-18(7-11)8-23(17(25)26)15(18)5-10-4-14(16(21)24)22-28-10/h1-4,11,15H,5-8H2,(H2,21,24)(H,25,26). The second-order valence-electron chi connectivity index (χ2n) is 7.26. The number of carboxylic acid groups (broad SMARTS) is 1. The lowest BCUT2D eigenvalue weighted by molar-refractivity contribution is -0.154. The Labute approximate surface area is 164 Å². The smallest absolute Gasteiger partial charge is 0.407 e. The minimum atomic E-state index is -1.02. The Morgan fingerprint density at radius 1 is 1.43 bits per heavy atom. The van der Waals surface area contributed by atoms with E-state index >= 15 is 0 Å². The van der Waals surface area contributed by atoms with E-state index in [-0.39, 0.29) is 34.7 Å². The summed E-state index contributed by atoms with van der Waals surface area (Å²) in [5.41, 5.74) is 4.93. The Bertz CT molecular complexity index is 943. The molecule has 3 N–H and O–H groups in total. The Morgan fingerprint density at radius 3 is 2.79 bits per heavy atom. The molecule has 10 heteroatoms. The fourth-order valence-electron chi connectivity index (χ4n) is 4.09. The van der Waals surface area contributed by atoms with E-state index in [0.29, 0.717) is 30.9 Å². The highest BCUT2D eigenvalue weighted by Crippen LogP contribution is 2.55. The third-order valence-corrected chi connectivity index (χ3v) is 5.79. The summed E-state index contributed by atoms with van der Waals surface area (Å²) in [6.07, 6.45) is 0.379. The van der Waals surface area contributed by atoms with Crippen molar-refractivity contribution in [3.63, 3.8) is 0 Å². The molecule has 1 spiro atoms. The molecule has 148 valence electrons. The van der Waals surface area contributed by atoms with Crippen LogP contribution in [0.15, 0.2) is 28.8 Å². The number of halogens is 2. The highest BCUT2D eigenvalue weighted by atomic mass is 35.5. The molecular formula is C18H17ClFN3O5. The molecule has 2 fully saturated rings. The maximum Gasteiger partial charge on any atom is 0.407 e. The van der Waals surface area contributed by atoms with Crippen molar-refractivity contribution < 1.29 is 28.3 Å². The third kappa shape index (κ3) is 3.15. The quantitative estimate of drug-likeness (QED) is 0.783. The van der Waals surface area contributed by atoms with E-state index in [9.17, 15) is 19.1 Å². The minimum Gasteiger partial charge on any atom is -0.490 e. The van der Waals surface area contributed by atoms with Crippen LogP contribution in [0, 0.1) is 11.2 Å². The maximum atomic E-state index is 13.6. The molecule has 1 aromatic heterocycles. The Morgan fingerprint density at radius 2 is 2.18 bits per heavy atom. The molecule has 4 rings (SSSR count). The second kappa shape index (κ2) is 6.66. The van der Waals surface area contributed by atoms with Gasteiger partial charge in [-0.3, -0.25) is 4.79 Å². The van der Waals surface area contributed by atoms with Crippen LogP contribution in [0.2, 0.25) is 5.02 Å². The zero-order chi connectivity index (χ0) is 20.1. The molecule has 1 aliphatic heterocycles. The number of hydrogen-bond acceptors (Lipinski definition) is 5. The van der Waals surface area contributed by atoms with Crippen LogP contribution in [0.5, 0.6) is 5.75 Å². The number of rotatable bonds is 5. The van der Waals surface area contributed by atoms with Gasteiger partial charge in [0.25, 0.3) is 5.91 Å². The molecule has 2 aliphatic rings. The number of benzene rings is 1. The lowest BCUT2D eigenvalue weighted by atomic mass is 9.56. The van der Waals surface area contributed by atoms with Crippen molar-refractivity contribution in [1.29, 1.82) is 0 Å². The molecule has 1 saturated heterocycles. The first-order valence-corrected chi connectivity index (χ1v) is 9.02. The highest BCUT2D eigenvalue weighted by molar-refractivity contribution is 6.30. The zero-order valence-electron chi connectivity index (χ0n) is 14.6. The van der Waals surface area contributed by atoms with Crippen molar-refractivity contribution in [2.45, 2.75) is 31.4 Å². The van der Waals surface area contributed by atoms with Crippen LogP contribution in [0.3, 0.4) is 0 Å². The fraction of sp³-hybridized carbons (Fsp3) is 0.389. The largest absolute Gasteiger partial charge is 0.490 e. The van der Waals surface area contributed by atoms with Crippen molar-refractivity contribution in [1.82, 2.24) is 10.1 Å². The van der Waals surface area contributed by atoms with E-state index in [1.165, 1.54) is 23.1 Å². The first kappa shape index (κ1) is 18.5. The van der Waals surface area contributed by atoms with Crippen LogP contribution in [0.4, 0.5) is 9.18 Å². The Balaban J connectivity index is 1.42. The Kier molecular flexibility index (Phi) is 4.41. The summed E-state index contributed by atoms with van der Waals surface area (Å²) in [6.45, 7) is 0.388. The number of carbonyl (C=O) groups excluding carboxylic acids is 1. The lowest BCUT2D eigenvalue weighted by Crippen LogP contribution is -2.72. The van der Waals surface area contributed by atoms with Crippen LogP contribution in [0.25, 0.3) is 0 Å². The molecule has 28 heavy (non-hydrogen) atoms. The van der Waals surface area contributed by atoms with E-state index < -0.39 is 17.8 Å². The molecule has 1 aromatic carbocycles. The molecule has 1 aliphatic carbocycles. The number of ether oxygens (including phenoxy) is 1. The number of nitrogens with zero attached hydrogens (tertiary/aromatic N) is 2. The summed E-state index contributed by atoms with van der Waals surface area (Å²) in [4.78, 5) is 24.0. The molecule has 2 aromatic rings. The van der Waals surface area contributed by atoms with E-state index in [4.69, 9.17) is 26.6 Å². The summed E-state index contributed by atoms with van der Waals surface area (Å²) in [5, 5.41) is 13.0. The summed E-state index contributed by atoms with van der Waals surface area (Å²) in [5.74, 6) is -0.481. The van der Waals surface area contributed by atoms with E-state index in [1.807, 2.05) is 0 Å². The molecule has 1 saturated carbocycles. The molecule has 1 unspecified atom stereocenters. The molecule has 2 heterocycles. The minimum absolute atomic E-state index is 0.00447. The number of amides is 2. The van der Waals surface area contributed by atoms with Crippen molar-refractivity contribution in [2.75, 3.05) is 6.54 Å². The highest BCUT2D eigenvalue weighted by Gasteiger charge is 2.62. The van der Waals surface area contributed by atoms with Gasteiger partial charge in [0.1, 0.15) is 23.4 Å². The van der Waals surface area contributed by atoms with Gasteiger partial charge in [-0.2, -0.15) is 0 Å². The van der Waals surface area contributed by atoms with Gasteiger partial charge < -0.3 is 25.0 Å². The number of aromatic nitrogens is 1. The summed E-state index contributed by atoms with van der Waals surface area (Å²) >= 11 is 5.67. The van der Waals surface area contributed by atoms with Crippen LogP contribution in [-0.4, -0.2) is 45.9 Å². The van der Waals surface area contributed by atoms with Gasteiger partial charge in [-0.25, -0.2) is 9.18 Å². The molecular weight excluding hydrogens is 393 g/mol. The predicted octanol–water partition coefficient (Wildman–Crippen LogP) is 2.70. The second-order valence-corrected chi connectivity index (χ2v) is 7.67. The monoisotopic (exact) mass is 409 g/mol. The summed E-state index contributed by atoms with van der Waals surface area (Å²) < 4.78 is 24.5. The van der Waals surface area contributed by atoms with Crippen molar-refractivity contribution >= 4 is 23.6 Å². The predicted molar refractivity (Wildman–Crippen MR) is 94.7 cm³/mol.